The molecule has 0 aliphatic rings. The summed E-state index contributed by atoms with van der Waals surface area (Å²) in [6.45, 7) is 12.0. The minimum atomic E-state index is -4.96. The van der Waals surface area contributed by atoms with Crippen LogP contribution in [-0.4, -0.2) is 96.7 Å². The van der Waals surface area contributed by atoms with Crippen LogP contribution < -0.4 is 0 Å². The van der Waals surface area contributed by atoms with Gasteiger partial charge in [-0.25, -0.2) is 9.13 Å². The minimum Gasteiger partial charge on any atom is -0.462 e. The second kappa shape index (κ2) is 71.3. The Kier molecular flexibility index (Phi) is 69.9. The van der Waals surface area contributed by atoms with Crippen molar-refractivity contribution in [1.82, 2.24) is 0 Å². The molecule has 0 spiro atoms. The van der Waals surface area contributed by atoms with Crippen LogP contribution >= 0.6 is 15.6 Å². The molecule has 0 radical (unpaired) electrons. The molecule has 0 aromatic heterocycles. The Morgan fingerprint density at radius 2 is 0.510 bits per heavy atom. The van der Waals surface area contributed by atoms with Crippen LogP contribution in [0.4, 0.5) is 0 Å². The first-order chi connectivity index (χ1) is 48.3. The number of carbonyl (C=O) groups excluding carboxylic acids is 4. The van der Waals surface area contributed by atoms with E-state index in [9.17, 15) is 43.2 Å². The predicted molar refractivity (Wildman–Crippen MR) is 409 cm³/mol. The fourth-order valence-corrected chi connectivity index (χ4v) is 14.0. The lowest BCUT2D eigenvalue weighted by Gasteiger charge is -2.21. The minimum absolute atomic E-state index is 0.106. The highest BCUT2D eigenvalue weighted by atomic mass is 31.2. The number of aliphatic hydroxyl groups is 1. The topological polar surface area (TPSA) is 237 Å². The summed E-state index contributed by atoms with van der Waals surface area (Å²) < 4.78 is 68.7. The average Bonchev–Trinajstić information content (AvgIpc) is 0.943. The van der Waals surface area contributed by atoms with Crippen molar-refractivity contribution in [1.29, 1.82) is 0 Å². The Morgan fingerprint density at radius 3 is 0.760 bits per heavy atom. The van der Waals surface area contributed by atoms with Crippen molar-refractivity contribution in [3.05, 3.63) is 0 Å². The van der Waals surface area contributed by atoms with E-state index in [1.54, 1.807) is 0 Å². The smallest absolute Gasteiger partial charge is 0.462 e. The SMILES string of the molecule is CCCCCCCCCCCCCCCCCCCC(=O)OC[C@H](COP(=O)(O)OC[C@@H](O)COP(=O)(O)OC[C@@H](COC(=O)CCCCCCCCCCC(C)C)OC(=O)CCCCCCCCCCCCCC(C)C)OC(=O)CCCCCCCCCCCCCCCCC(C)CC. The van der Waals surface area contributed by atoms with Crippen LogP contribution in [0.1, 0.15) is 421 Å². The molecule has 0 fully saturated rings. The van der Waals surface area contributed by atoms with Gasteiger partial charge < -0.3 is 33.8 Å². The first-order valence-corrected chi connectivity index (χ1v) is 44.9. The van der Waals surface area contributed by atoms with E-state index < -0.39 is 97.5 Å². The number of phosphoric ester groups is 2. The molecule has 0 saturated heterocycles. The molecule has 3 unspecified atom stereocenters. The largest absolute Gasteiger partial charge is 0.472 e. The maximum Gasteiger partial charge on any atom is 0.472 e. The molecule has 0 aromatic carbocycles. The fourth-order valence-electron chi connectivity index (χ4n) is 12.5. The van der Waals surface area contributed by atoms with Crippen molar-refractivity contribution in [3.63, 3.8) is 0 Å². The molecule has 100 heavy (non-hydrogen) atoms. The van der Waals surface area contributed by atoms with Gasteiger partial charge in [-0.1, -0.05) is 370 Å². The van der Waals surface area contributed by atoms with Crippen LogP contribution in [0.3, 0.4) is 0 Å². The summed E-state index contributed by atoms with van der Waals surface area (Å²) >= 11 is 0. The van der Waals surface area contributed by atoms with Gasteiger partial charge in [-0.05, 0) is 43.4 Å². The lowest BCUT2D eigenvalue weighted by atomic mass is 9.99. The maximum atomic E-state index is 13.1. The molecule has 594 valence electrons. The summed E-state index contributed by atoms with van der Waals surface area (Å²) in [5.41, 5.74) is 0. The highest BCUT2D eigenvalue weighted by molar-refractivity contribution is 7.47. The van der Waals surface area contributed by atoms with Gasteiger partial charge in [-0.2, -0.15) is 0 Å². The zero-order valence-corrected chi connectivity index (χ0v) is 67.5. The Labute approximate surface area is 613 Å². The number of hydrogen-bond acceptors (Lipinski definition) is 15. The summed E-state index contributed by atoms with van der Waals surface area (Å²) in [5.74, 6) is 0.227. The number of phosphoric acid groups is 2. The highest BCUT2D eigenvalue weighted by Crippen LogP contribution is 2.45. The van der Waals surface area contributed by atoms with Gasteiger partial charge in [0.25, 0.3) is 0 Å². The van der Waals surface area contributed by atoms with Crippen molar-refractivity contribution in [2.75, 3.05) is 39.6 Å². The summed E-state index contributed by atoms with van der Waals surface area (Å²) in [4.78, 5) is 73.0. The first-order valence-electron chi connectivity index (χ1n) is 41.9. The lowest BCUT2D eigenvalue weighted by molar-refractivity contribution is -0.161. The van der Waals surface area contributed by atoms with Gasteiger partial charge in [0.1, 0.15) is 19.3 Å². The Bertz CT molecular complexity index is 1940. The van der Waals surface area contributed by atoms with Gasteiger partial charge >= 0.3 is 39.5 Å². The molecule has 19 heteroatoms. The van der Waals surface area contributed by atoms with Crippen LogP contribution in [0.2, 0.25) is 0 Å². The van der Waals surface area contributed by atoms with Crippen LogP contribution in [-0.2, 0) is 65.4 Å². The van der Waals surface area contributed by atoms with Gasteiger partial charge in [0, 0.05) is 25.7 Å². The molecule has 17 nitrogen and oxygen atoms in total. The molecule has 0 bridgehead atoms. The monoisotopic (exact) mass is 1470 g/mol. The molecule has 0 heterocycles. The number of ether oxygens (including phenoxy) is 4. The van der Waals surface area contributed by atoms with E-state index in [1.165, 1.54) is 231 Å². The van der Waals surface area contributed by atoms with Gasteiger partial charge in [0.05, 0.1) is 26.4 Å². The number of hydrogen-bond donors (Lipinski definition) is 3. The van der Waals surface area contributed by atoms with Gasteiger partial charge in [0.15, 0.2) is 12.2 Å². The second-order valence-corrected chi connectivity index (χ2v) is 33.3. The molecule has 0 aliphatic carbocycles. The van der Waals surface area contributed by atoms with Gasteiger partial charge in [-0.3, -0.25) is 37.3 Å². The number of unbranched alkanes of at least 4 members (excludes halogenated alkanes) is 46. The molecule has 6 atom stereocenters. The van der Waals surface area contributed by atoms with Crippen LogP contribution in [0, 0.1) is 17.8 Å². The van der Waals surface area contributed by atoms with Crippen LogP contribution in [0.15, 0.2) is 0 Å². The van der Waals surface area contributed by atoms with Crippen molar-refractivity contribution in [2.24, 2.45) is 17.8 Å². The quantitative estimate of drug-likeness (QED) is 0.0222. The van der Waals surface area contributed by atoms with Crippen LogP contribution in [0.5, 0.6) is 0 Å². The van der Waals surface area contributed by atoms with E-state index in [2.05, 4.69) is 48.5 Å². The summed E-state index contributed by atoms with van der Waals surface area (Å²) in [5, 5.41) is 10.6. The third-order valence-corrected chi connectivity index (χ3v) is 21.1. The van der Waals surface area contributed by atoms with E-state index in [-0.39, 0.29) is 25.7 Å². The Balaban J connectivity index is 5.26. The summed E-state index contributed by atoms with van der Waals surface area (Å²) in [6.07, 6.45) is 59.6. The fraction of sp³-hybridized carbons (Fsp3) is 0.951. The summed E-state index contributed by atoms with van der Waals surface area (Å²) in [7, 11) is -9.92. The molecular weight excluding hydrogens is 1310 g/mol. The van der Waals surface area contributed by atoms with Gasteiger partial charge in [0.2, 0.25) is 0 Å². The number of rotatable bonds is 79. The van der Waals surface area contributed by atoms with Crippen molar-refractivity contribution in [3.8, 4) is 0 Å². The average molecular weight is 1470 g/mol. The normalized spacial score (nSPS) is 14.2. The zero-order valence-electron chi connectivity index (χ0n) is 65.7. The van der Waals surface area contributed by atoms with Gasteiger partial charge in [-0.15, -0.1) is 0 Å². The van der Waals surface area contributed by atoms with E-state index in [1.807, 2.05) is 0 Å². The number of esters is 4. The van der Waals surface area contributed by atoms with Crippen molar-refractivity contribution in [2.45, 2.75) is 439 Å². The lowest BCUT2D eigenvalue weighted by Crippen LogP contribution is -2.30. The predicted octanol–water partition coefficient (Wildman–Crippen LogP) is 24.1. The third-order valence-electron chi connectivity index (χ3n) is 19.2. The summed E-state index contributed by atoms with van der Waals surface area (Å²) in [6, 6.07) is 0. The Morgan fingerprint density at radius 1 is 0.290 bits per heavy atom. The second-order valence-electron chi connectivity index (χ2n) is 30.4. The maximum absolute atomic E-state index is 13.1. The third kappa shape index (κ3) is 73.0. The van der Waals surface area contributed by atoms with E-state index >= 15 is 0 Å². The molecule has 3 N–H and O–H groups in total. The van der Waals surface area contributed by atoms with E-state index in [0.29, 0.717) is 25.7 Å². The molecule has 0 aliphatic heterocycles. The molecular formula is C81H158O17P2. The van der Waals surface area contributed by atoms with Crippen molar-refractivity contribution < 1.29 is 80.2 Å². The molecule has 0 amide bonds. The highest BCUT2D eigenvalue weighted by Gasteiger charge is 2.30. The molecule has 0 saturated carbocycles. The van der Waals surface area contributed by atoms with E-state index in [4.69, 9.17) is 37.0 Å². The number of aliphatic hydroxyl groups excluding tert-OH is 1. The molecule has 0 rings (SSSR count). The first kappa shape index (κ1) is 98.1. The van der Waals surface area contributed by atoms with Crippen LogP contribution in [0.25, 0.3) is 0 Å². The number of carbonyl (C=O) groups is 4. The molecule has 0 aromatic rings. The standard InChI is InChI=1S/C81H158O17P2/c1-8-10-11-12-13-14-15-16-17-18-19-23-28-33-41-48-55-62-78(83)91-68-76(97-80(85)64-57-50-43-34-29-24-21-20-22-27-32-40-47-54-61-74(7)9-2)70-95-99(87,88)93-66-75(82)67-94-100(89,90)96-71-77(69-92-79(84)63-56-49-42-37-36-39-46-53-60-73(5)6)98-81(86)65-58-51-44-35-30-25-26-31-38-45-52-59-72(3)4/h72-77,82H,8-71H2,1-7H3,(H,87,88)(H,89,90)/t74?,75-,76-,77-/m1/s1. The zero-order chi connectivity index (χ0) is 73.7. The van der Waals surface area contributed by atoms with E-state index in [0.717, 1.165) is 108 Å². The van der Waals surface area contributed by atoms with Crippen molar-refractivity contribution >= 4 is 39.5 Å². The Hall–Kier alpha value is -1.94.